The van der Waals surface area contributed by atoms with Crippen LogP contribution >= 0.6 is 0 Å². The maximum absolute atomic E-state index is 13.6. The summed E-state index contributed by atoms with van der Waals surface area (Å²) in [7, 11) is 1.86. The average Bonchev–Trinajstić information content (AvgIpc) is 2.72. The summed E-state index contributed by atoms with van der Waals surface area (Å²) >= 11 is 0. The molecule has 4 rings (SSSR count). The lowest BCUT2D eigenvalue weighted by atomic mass is 9.98. The van der Waals surface area contributed by atoms with Crippen LogP contribution in [0.4, 0.5) is 10.1 Å². The van der Waals surface area contributed by atoms with E-state index in [-0.39, 0.29) is 5.82 Å². The Bertz CT molecular complexity index is 1150. The molecule has 0 aliphatic carbocycles. The van der Waals surface area contributed by atoms with Crippen molar-refractivity contribution < 1.29 is 14.2 Å². The molecule has 0 spiro atoms. The summed E-state index contributed by atoms with van der Waals surface area (Å²) in [5, 5.41) is 4.21. The molecule has 0 saturated heterocycles. The first-order chi connectivity index (χ1) is 13.2. The molecule has 4 heteroatoms. The highest BCUT2D eigenvalue weighted by molar-refractivity contribution is 5.96. The molecule has 27 heavy (non-hydrogen) atoms. The minimum absolute atomic E-state index is 0.271. The molecule has 1 heterocycles. The molecule has 3 aromatic carbocycles. The van der Waals surface area contributed by atoms with Gasteiger partial charge in [-0.25, -0.2) is 9.37 Å². The summed E-state index contributed by atoms with van der Waals surface area (Å²) in [6.45, 7) is 0. The van der Waals surface area contributed by atoms with Crippen LogP contribution in [0, 0.1) is 5.82 Å². The maximum Gasteiger partial charge on any atom is 0.213 e. The van der Waals surface area contributed by atoms with E-state index < -0.39 is 0 Å². The number of pyridine rings is 1. The number of aromatic amines is 1. The van der Waals surface area contributed by atoms with Crippen molar-refractivity contribution in [3.63, 3.8) is 0 Å². The number of nitrogens with one attached hydrogen (secondary N) is 2. The van der Waals surface area contributed by atoms with Crippen molar-refractivity contribution >= 4 is 22.9 Å². The van der Waals surface area contributed by atoms with Gasteiger partial charge in [-0.05, 0) is 41.5 Å². The van der Waals surface area contributed by atoms with Crippen LogP contribution in [0.2, 0.25) is 0 Å². The Labute approximate surface area is 156 Å². The van der Waals surface area contributed by atoms with Gasteiger partial charge < -0.3 is 5.32 Å². The van der Waals surface area contributed by atoms with Crippen LogP contribution in [0.3, 0.4) is 0 Å². The standard InChI is InChI=1S/C23H17FN2O/c1-25-23-13-22(16-6-4-7-18(24)11-16)26-21-10-9-15(12-20(21)23)19-8-3-2-5-17(19)14-27/h2-14H,1H3,(H,25,26)/p+1. The van der Waals surface area contributed by atoms with Crippen LogP contribution < -0.4 is 10.3 Å². The lowest BCUT2D eigenvalue weighted by molar-refractivity contribution is -0.330. The zero-order chi connectivity index (χ0) is 18.8. The molecule has 0 atom stereocenters. The molecule has 0 unspecified atom stereocenters. The number of anilines is 1. The molecule has 0 saturated carbocycles. The van der Waals surface area contributed by atoms with E-state index in [2.05, 4.69) is 16.4 Å². The highest BCUT2D eigenvalue weighted by atomic mass is 19.1. The first-order valence-corrected chi connectivity index (χ1v) is 8.68. The fourth-order valence-electron chi connectivity index (χ4n) is 3.33. The molecular weight excluding hydrogens is 339 g/mol. The van der Waals surface area contributed by atoms with Crippen molar-refractivity contribution in [1.29, 1.82) is 0 Å². The van der Waals surface area contributed by atoms with Crippen molar-refractivity contribution in [1.82, 2.24) is 0 Å². The van der Waals surface area contributed by atoms with Crippen LogP contribution in [-0.4, -0.2) is 13.3 Å². The second kappa shape index (κ2) is 7.00. The normalized spacial score (nSPS) is 10.7. The largest absolute Gasteiger partial charge is 0.387 e. The van der Waals surface area contributed by atoms with Crippen molar-refractivity contribution in [2.45, 2.75) is 0 Å². The Hall–Kier alpha value is -3.53. The second-order valence-electron chi connectivity index (χ2n) is 6.32. The summed E-state index contributed by atoms with van der Waals surface area (Å²) in [6, 6.07) is 22.0. The average molecular weight is 357 g/mol. The van der Waals surface area contributed by atoms with Gasteiger partial charge in [-0.15, -0.1) is 0 Å². The van der Waals surface area contributed by atoms with Gasteiger partial charge in [0, 0.05) is 30.3 Å². The lowest BCUT2D eigenvalue weighted by Gasteiger charge is -2.09. The number of halogens is 1. The SMILES string of the molecule is CNc1cc(-c2cccc(F)c2)[nH+]c2ccc(-c3ccccc3C=O)cc12. The Morgan fingerprint density at radius 2 is 1.78 bits per heavy atom. The Morgan fingerprint density at radius 3 is 2.56 bits per heavy atom. The Kier molecular flexibility index (Phi) is 4.38. The lowest BCUT2D eigenvalue weighted by Crippen LogP contribution is -2.10. The molecule has 0 aliphatic rings. The van der Waals surface area contributed by atoms with E-state index in [1.807, 2.05) is 55.6 Å². The number of aromatic nitrogens is 1. The van der Waals surface area contributed by atoms with Gasteiger partial charge in [0.2, 0.25) is 11.2 Å². The zero-order valence-corrected chi connectivity index (χ0v) is 14.8. The number of fused-ring (bicyclic) bond motifs is 1. The monoisotopic (exact) mass is 357 g/mol. The smallest absolute Gasteiger partial charge is 0.213 e. The minimum atomic E-state index is -0.271. The highest BCUT2D eigenvalue weighted by Crippen LogP contribution is 2.31. The Balaban J connectivity index is 1.90. The third-order valence-corrected chi connectivity index (χ3v) is 4.67. The topological polar surface area (TPSA) is 43.2 Å². The van der Waals surface area contributed by atoms with Gasteiger partial charge in [0.1, 0.15) is 5.82 Å². The van der Waals surface area contributed by atoms with E-state index in [9.17, 15) is 9.18 Å². The molecule has 0 bridgehead atoms. The molecule has 4 aromatic rings. The number of carbonyl (C=O) groups excluding carboxylic acids is 1. The molecule has 1 aromatic heterocycles. The maximum atomic E-state index is 13.6. The molecule has 0 amide bonds. The molecule has 0 fully saturated rings. The highest BCUT2D eigenvalue weighted by Gasteiger charge is 2.15. The molecule has 132 valence electrons. The van der Waals surface area contributed by atoms with E-state index in [1.165, 1.54) is 12.1 Å². The number of hydrogen-bond donors (Lipinski definition) is 1. The molecule has 0 aliphatic heterocycles. The van der Waals surface area contributed by atoms with E-state index in [0.717, 1.165) is 45.3 Å². The van der Waals surface area contributed by atoms with Crippen LogP contribution in [0.15, 0.2) is 72.8 Å². The van der Waals surface area contributed by atoms with Gasteiger partial charge in [0.25, 0.3) is 0 Å². The summed E-state index contributed by atoms with van der Waals surface area (Å²) in [6.07, 6.45) is 0.873. The summed E-state index contributed by atoms with van der Waals surface area (Å²) in [5.74, 6) is -0.271. The van der Waals surface area contributed by atoms with Gasteiger partial charge in [-0.1, -0.05) is 30.3 Å². The number of rotatable bonds is 4. The fraction of sp³-hybridized carbons (Fsp3) is 0.0435. The van der Waals surface area contributed by atoms with Gasteiger partial charge in [0.05, 0.1) is 11.1 Å². The first-order valence-electron chi connectivity index (χ1n) is 8.68. The zero-order valence-electron chi connectivity index (χ0n) is 14.8. The van der Waals surface area contributed by atoms with Gasteiger partial charge >= 0.3 is 0 Å². The summed E-state index contributed by atoms with van der Waals surface area (Å²) < 4.78 is 13.6. The van der Waals surface area contributed by atoms with E-state index in [1.54, 1.807) is 6.07 Å². The van der Waals surface area contributed by atoms with Crippen molar-refractivity contribution in [3.05, 3.63) is 84.2 Å². The molecule has 3 nitrogen and oxygen atoms in total. The molecular formula is C23H18FN2O+. The predicted octanol–water partition coefficient (Wildman–Crippen LogP) is 4.98. The van der Waals surface area contributed by atoms with Crippen molar-refractivity contribution in [2.75, 3.05) is 12.4 Å². The van der Waals surface area contributed by atoms with Crippen LogP contribution in [0.5, 0.6) is 0 Å². The van der Waals surface area contributed by atoms with Crippen molar-refractivity contribution in [3.8, 4) is 22.4 Å². The van der Waals surface area contributed by atoms with E-state index >= 15 is 0 Å². The van der Waals surface area contributed by atoms with Gasteiger partial charge in [0.15, 0.2) is 6.29 Å². The minimum Gasteiger partial charge on any atom is -0.387 e. The third-order valence-electron chi connectivity index (χ3n) is 4.67. The second-order valence-corrected chi connectivity index (χ2v) is 6.32. The van der Waals surface area contributed by atoms with Crippen LogP contribution in [-0.2, 0) is 0 Å². The van der Waals surface area contributed by atoms with E-state index in [4.69, 9.17) is 0 Å². The number of hydrogen-bond acceptors (Lipinski definition) is 2. The molecule has 0 radical (unpaired) electrons. The van der Waals surface area contributed by atoms with Crippen LogP contribution in [0.25, 0.3) is 33.3 Å². The number of benzene rings is 3. The third kappa shape index (κ3) is 3.17. The number of carbonyl (C=O) groups is 1. The predicted molar refractivity (Wildman–Crippen MR) is 106 cm³/mol. The van der Waals surface area contributed by atoms with Crippen molar-refractivity contribution in [2.24, 2.45) is 0 Å². The van der Waals surface area contributed by atoms with E-state index in [0.29, 0.717) is 5.56 Å². The summed E-state index contributed by atoms with van der Waals surface area (Å²) in [5.41, 5.74) is 5.97. The fourth-order valence-corrected chi connectivity index (χ4v) is 3.33. The first kappa shape index (κ1) is 16.9. The van der Waals surface area contributed by atoms with Gasteiger partial charge in [-0.2, -0.15) is 0 Å². The van der Waals surface area contributed by atoms with Crippen LogP contribution in [0.1, 0.15) is 10.4 Å². The number of aldehydes is 1. The quantitative estimate of drug-likeness (QED) is 0.523. The Morgan fingerprint density at radius 1 is 0.926 bits per heavy atom. The summed E-state index contributed by atoms with van der Waals surface area (Å²) in [4.78, 5) is 14.7. The number of H-pyrrole nitrogens is 1. The molecule has 2 N–H and O–H groups in total. The van der Waals surface area contributed by atoms with Gasteiger partial charge in [-0.3, -0.25) is 4.79 Å².